The number of fused-ring (bicyclic) bond motifs is 1. The molecule has 0 fully saturated rings. The van der Waals surface area contributed by atoms with Gasteiger partial charge in [0.25, 0.3) is 5.91 Å². The molecule has 0 spiro atoms. The second kappa shape index (κ2) is 11.2. The van der Waals surface area contributed by atoms with Crippen molar-refractivity contribution in [2.45, 2.75) is 19.1 Å². The lowest BCUT2D eigenvalue weighted by atomic mass is 10.0. The largest absolute Gasteiger partial charge is 0.381 e. The Kier molecular flexibility index (Phi) is 7.35. The first kappa shape index (κ1) is 24.4. The highest BCUT2D eigenvalue weighted by Gasteiger charge is 2.27. The fourth-order valence-corrected chi connectivity index (χ4v) is 4.99. The fraction of sp³-hybridized carbons (Fsp3) is 0.100. The Morgan fingerprint density at radius 3 is 2.24 bits per heavy atom. The van der Waals surface area contributed by atoms with Gasteiger partial charge in [-0.25, -0.2) is 4.98 Å². The second-order valence-electron chi connectivity index (χ2n) is 8.62. The van der Waals surface area contributed by atoms with Crippen LogP contribution in [0.2, 0.25) is 0 Å². The molecule has 0 aliphatic rings. The van der Waals surface area contributed by atoms with E-state index >= 15 is 0 Å². The highest BCUT2D eigenvalue weighted by molar-refractivity contribution is 7.20. The number of hydrogen-bond acceptors (Lipinski definition) is 6. The van der Waals surface area contributed by atoms with E-state index in [1.54, 1.807) is 24.3 Å². The number of hydrogen-bond donors (Lipinski definition) is 3. The van der Waals surface area contributed by atoms with Crippen molar-refractivity contribution < 1.29 is 9.59 Å². The molecule has 5 aromatic rings. The van der Waals surface area contributed by atoms with Crippen LogP contribution in [0.25, 0.3) is 10.2 Å². The van der Waals surface area contributed by atoms with E-state index in [1.165, 1.54) is 16.9 Å². The highest BCUT2D eigenvalue weighted by atomic mass is 32.1. The number of ketones is 1. The van der Waals surface area contributed by atoms with Gasteiger partial charge in [0.05, 0.1) is 10.2 Å². The van der Waals surface area contributed by atoms with Crippen LogP contribution in [0.15, 0.2) is 103 Å². The van der Waals surface area contributed by atoms with Crippen LogP contribution < -0.4 is 16.4 Å². The Morgan fingerprint density at radius 1 is 0.838 bits per heavy atom. The Balaban J connectivity index is 1.41. The lowest BCUT2D eigenvalue weighted by Crippen LogP contribution is -2.34. The van der Waals surface area contributed by atoms with Crippen molar-refractivity contribution >= 4 is 38.9 Å². The minimum atomic E-state index is -0.879. The molecule has 0 saturated carbocycles. The molecule has 184 valence electrons. The van der Waals surface area contributed by atoms with Gasteiger partial charge in [0.1, 0.15) is 6.04 Å². The van der Waals surface area contributed by atoms with Crippen molar-refractivity contribution in [1.29, 1.82) is 0 Å². The lowest BCUT2D eigenvalue weighted by molar-refractivity contribution is 0.0857. The van der Waals surface area contributed by atoms with Crippen LogP contribution in [-0.2, 0) is 13.1 Å². The van der Waals surface area contributed by atoms with Gasteiger partial charge in [-0.2, -0.15) is 0 Å². The maximum Gasteiger partial charge on any atom is 0.252 e. The van der Waals surface area contributed by atoms with Crippen LogP contribution in [0.5, 0.6) is 0 Å². The third-order valence-corrected chi connectivity index (χ3v) is 7.09. The predicted octanol–water partition coefficient (Wildman–Crippen LogP) is 5.72. The monoisotopic (exact) mass is 506 g/mol. The van der Waals surface area contributed by atoms with Crippen LogP contribution in [0, 0.1) is 0 Å². The topological polar surface area (TPSA) is 97.1 Å². The zero-order valence-corrected chi connectivity index (χ0v) is 20.9. The number of thiazole rings is 1. The minimum Gasteiger partial charge on any atom is -0.381 e. The second-order valence-corrected chi connectivity index (χ2v) is 9.65. The molecule has 1 aromatic heterocycles. The zero-order valence-electron chi connectivity index (χ0n) is 20.1. The predicted molar refractivity (Wildman–Crippen MR) is 149 cm³/mol. The van der Waals surface area contributed by atoms with E-state index < -0.39 is 6.04 Å². The summed E-state index contributed by atoms with van der Waals surface area (Å²) in [6.45, 7) is 1.09. The number of nitrogens with one attached hydrogen (secondary N) is 2. The Hall–Kier alpha value is -4.33. The van der Waals surface area contributed by atoms with E-state index in [4.69, 9.17) is 5.73 Å². The highest BCUT2D eigenvalue weighted by Crippen LogP contribution is 2.29. The summed E-state index contributed by atoms with van der Waals surface area (Å²) in [5.74, 6) is -0.583. The number of amides is 1. The summed E-state index contributed by atoms with van der Waals surface area (Å²) in [6, 6.07) is 31.4. The van der Waals surface area contributed by atoms with Crippen molar-refractivity contribution in [3.05, 3.63) is 130 Å². The summed E-state index contributed by atoms with van der Waals surface area (Å²) in [6.07, 6.45) is 0. The first-order valence-electron chi connectivity index (χ1n) is 12.0. The van der Waals surface area contributed by atoms with Crippen molar-refractivity contribution in [1.82, 2.24) is 10.3 Å². The quantitative estimate of drug-likeness (QED) is 0.222. The van der Waals surface area contributed by atoms with Crippen LogP contribution >= 0.6 is 11.3 Å². The van der Waals surface area contributed by atoms with Gasteiger partial charge < -0.3 is 16.4 Å². The average Bonchev–Trinajstić information content (AvgIpc) is 3.39. The van der Waals surface area contributed by atoms with E-state index in [9.17, 15) is 9.59 Å². The van der Waals surface area contributed by atoms with Crippen molar-refractivity contribution in [3.63, 3.8) is 0 Å². The van der Waals surface area contributed by atoms with Gasteiger partial charge in [-0.05, 0) is 47.0 Å². The molecule has 4 N–H and O–H groups in total. The smallest absolute Gasteiger partial charge is 0.252 e. The summed E-state index contributed by atoms with van der Waals surface area (Å²) in [7, 11) is 0. The molecule has 0 bridgehead atoms. The van der Waals surface area contributed by atoms with Gasteiger partial charge in [-0.1, -0.05) is 72.8 Å². The van der Waals surface area contributed by atoms with E-state index in [0.29, 0.717) is 29.2 Å². The number of nitrogens with zero attached hydrogens (tertiary/aromatic N) is 1. The molecule has 6 nitrogen and oxygen atoms in total. The van der Waals surface area contributed by atoms with Gasteiger partial charge in [-0.3, -0.25) is 9.59 Å². The Morgan fingerprint density at radius 2 is 1.54 bits per heavy atom. The van der Waals surface area contributed by atoms with Gasteiger partial charge in [-0.15, -0.1) is 11.3 Å². The minimum absolute atomic E-state index is 0.259. The first-order valence-corrected chi connectivity index (χ1v) is 12.8. The maximum absolute atomic E-state index is 13.7. The van der Waals surface area contributed by atoms with Crippen molar-refractivity contribution in [2.24, 2.45) is 5.73 Å². The molecule has 1 atom stereocenters. The molecular formula is C30H26N4O2S. The van der Waals surface area contributed by atoms with E-state index in [2.05, 4.69) is 27.8 Å². The van der Waals surface area contributed by atoms with E-state index in [-0.39, 0.29) is 11.7 Å². The number of carbonyl (C=O) groups excluding carboxylic acids is 2. The SMILES string of the molecule is NCc1ccc(C(NC(=O)c2ccccc2)C(=O)c2nc3ccc(NCc4ccccc4)cc3s2)cc1. The van der Waals surface area contributed by atoms with Gasteiger partial charge >= 0.3 is 0 Å². The summed E-state index contributed by atoms with van der Waals surface area (Å²) in [5.41, 5.74) is 10.7. The van der Waals surface area contributed by atoms with Crippen molar-refractivity contribution in [3.8, 4) is 0 Å². The third kappa shape index (κ3) is 5.74. The standard InChI is InChI=1S/C30H26N4O2S/c31-18-20-11-13-22(14-12-20)27(34-29(36)23-9-5-2-6-10-23)28(35)30-33-25-16-15-24(17-26(25)37-30)32-19-21-7-3-1-4-8-21/h1-17,27,32H,18-19,31H2,(H,34,36). The van der Waals surface area contributed by atoms with Gasteiger partial charge in [0.15, 0.2) is 5.01 Å². The van der Waals surface area contributed by atoms with Crippen LogP contribution in [0.3, 0.4) is 0 Å². The molecule has 37 heavy (non-hydrogen) atoms. The Bertz CT molecular complexity index is 1520. The molecule has 1 unspecified atom stereocenters. The summed E-state index contributed by atoms with van der Waals surface area (Å²) >= 11 is 1.32. The molecule has 5 rings (SSSR count). The third-order valence-electron chi connectivity index (χ3n) is 6.06. The number of benzene rings is 4. The normalized spacial score (nSPS) is 11.7. The molecule has 1 amide bonds. The number of rotatable bonds is 9. The summed E-state index contributed by atoms with van der Waals surface area (Å²) < 4.78 is 0.896. The lowest BCUT2D eigenvalue weighted by Gasteiger charge is -2.17. The molecule has 0 aliphatic heterocycles. The molecule has 0 radical (unpaired) electrons. The van der Waals surface area contributed by atoms with E-state index in [1.807, 2.05) is 66.7 Å². The molecular weight excluding hydrogens is 480 g/mol. The van der Waals surface area contributed by atoms with Crippen LogP contribution in [0.1, 0.15) is 42.9 Å². The molecule has 0 aliphatic carbocycles. The van der Waals surface area contributed by atoms with Gasteiger partial charge in [0, 0.05) is 24.3 Å². The first-order chi connectivity index (χ1) is 18.1. The molecule has 0 saturated heterocycles. The van der Waals surface area contributed by atoms with Crippen LogP contribution in [0.4, 0.5) is 5.69 Å². The number of nitrogens with two attached hydrogens (primary N) is 1. The summed E-state index contributed by atoms with van der Waals surface area (Å²) in [4.78, 5) is 31.3. The number of aromatic nitrogens is 1. The Labute approximate surface area is 219 Å². The number of carbonyl (C=O) groups is 2. The summed E-state index contributed by atoms with van der Waals surface area (Å²) in [5, 5.41) is 6.68. The van der Waals surface area contributed by atoms with Crippen molar-refractivity contribution in [2.75, 3.05) is 5.32 Å². The zero-order chi connectivity index (χ0) is 25.6. The number of anilines is 1. The molecule has 7 heteroatoms. The van der Waals surface area contributed by atoms with Gasteiger partial charge in [0.2, 0.25) is 5.78 Å². The molecule has 1 heterocycles. The fourth-order valence-electron chi connectivity index (χ4n) is 4.01. The average molecular weight is 507 g/mol. The van der Waals surface area contributed by atoms with Crippen LogP contribution in [-0.4, -0.2) is 16.7 Å². The maximum atomic E-state index is 13.7. The number of Topliss-reactive ketones (excluding diaryl/α,β-unsaturated/α-hetero) is 1. The van der Waals surface area contributed by atoms with E-state index in [0.717, 1.165) is 21.5 Å². The molecule has 4 aromatic carbocycles.